The van der Waals surface area contributed by atoms with Crippen LogP contribution < -0.4 is 16.0 Å². The van der Waals surface area contributed by atoms with Crippen LogP contribution in [-0.2, 0) is 10.2 Å². The van der Waals surface area contributed by atoms with Gasteiger partial charge in [0, 0.05) is 23.4 Å². The molecule has 5 nitrogen and oxygen atoms in total. The fourth-order valence-electron chi connectivity index (χ4n) is 2.69. The first-order chi connectivity index (χ1) is 13.7. The summed E-state index contributed by atoms with van der Waals surface area (Å²) in [5.41, 5.74) is 3.14. The Bertz CT molecular complexity index is 870. The third kappa shape index (κ3) is 7.31. The Hall–Kier alpha value is -2.73. The van der Waals surface area contributed by atoms with Gasteiger partial charge in [0.2, 0.25) is 5.91 Å². The lowest BCUT2D eigenvalue weighted by atomic mass is 9.87. The predicted octanol–water partition coefficient (Wildman–Crippen LogP) is 5.24. The van der Waals surface area contributed by atoms with Gasteiger partial charge >= 0.3 is 0 Å². The van der Waals surface area contributed by atoms with Gasteiger partial charge < -0.3 is 16.0 Å². The maximum Gasteiger partial charge on any atom is 0.255 e. The van der Waals surface area contributed by atoms with Crippen molar-refractivity contribution in [3.8, 4) is 0 Å². The zero-order chi connectivity index (χ0) is 21.4. The highest BCUT2D eigenvalue weighted by Gasteiger charge is 2.14. The summed E-state index contributed by atoms with van der Waals surface area (Å²) in [7, 11) is 0. The zero-order valence-electron chi connectivity index (χ0n) is 17.5. The summed E-state index contributed by atoms with van der Waals surface area (Å²) >= 11 is 5.18. The molecule has 0 heterocycles. The number of hydrogen-bond donors (Lipinski definition) is 3. The van der Waals surface area contributed by atoms with Crippen LogP contribution in [0.5, 0.6) is 0 Å². The van der Waals surface area contributed by atoms with E-state index in [0.717, 1.165) is 12.8 Å². The Labute approximate surface area is 178 Å². The third-order valence-corrected chi connectivity index (χ3v) is 4.61. The summed E-state index contributed by atoms with van der Waals surface area (Å²) in [4.78, 5) is 24.3. The average Bonchev–Trinajstić information content (AvgIpc) is 2.66. The molecule has 0 atom stereocenters. The van der Waals surface area contributed by atoms with Crippen molar-refractivity contribution in [2.75, 3.05) is 10.6 Å². The van der Waals surface area contributed by atoms with Gasteiger partial charge in [0.15, 0.2) is 5.11 Å². The molecule has 3 N–H and O–H groups in total. The fraction of sp³-hybridized carbons (Fsp3) is 0.348. The van der Waals surface area contributed by atoms with E-state index < -0.39 is 0 Å². The van der Waals surface area contributed by atoms with E-state index in [1.807, 2.05) is 43.3 Å². The second kappa shape index (κ2) is 10.2. The summed E-state index contributed by atoms with van der Waals surface area (Å²) in [5.74, 6) is -0.287. The molecule has 154 valence electrons. The van der Waals surface area contributed by atoms with Crippen LogP contribution in [0.25, 0.3) is 0 Å². The highest BCUT2D eigenvalue weighted by atomic mass is 32.1. The van der Waals surface area contributed by atoms with Crippen LogP contribution >= 0.6 is 12.2 Å². The van der Waals surface area contributed by atoms with Crippen LogP contribution in [0.2, 0.25) is 0 Å². The molecule has 2 rings (SSSR count). The van der Waals surface area contributed by atoms with E-state index in [1.165, 1.54) is 5.56 Å². The number of rotatable bonds is 6. The lowest BCUT2D eigenvalue weighted by molar-refractivity contribution is -0.119. The lowest BCUT2D eigenvalue weighted by Gasteiger charge is -2.19. The topological polar surface area (TPSA) is 70.2 Å². The fourth-order valence-corrected chi connectivity index (χ4v) is 2.92. The van der Waals surface area contributed by atoms with Crippen molar-refractivity contribution in [2.45, 2.75) is 52.4 Å². The van der Waals surface area contributed by atoms with Gasteiger partial charge in [0.05, 0.1) is 0 Å². The molecule has 0 saturated carbocycles. The molecule has 0 aromatic heterocycles. The lowest BCUT2D eigenvalue weighted by Crippen LogP contribution is -2.33. The van der Waals surface area contributed by atoms with Gasteiger partial charge in [-0.25, -0.2) is 0 Å². The Kier molecular flexibility index (Phi) is 7.91. The first kappa shape index (κ1) is 22.6. The van der Waals surface area contributed by atoms with Crippen molar-refractivity contribution >= 4 is 40.5 Å². The molecule has 0 bridgehead atoms. The Balaban J connectivity index is 1.97. The van der Waals surface area contributed by atoms with Crippen molar-refractivity contribution in [3.63, 3.8) is 0 Å². The number of carbonyl (C=O) groups excluding carboxylic acids is 2. The molecule has 0 fully saturated rings. The minimum Gasteiger partial charge on any atom is -0.332 e. The molecule has 0 aliphatic heterocycles. The van der Waals surface area contributed by atoms with Gasteiger partial charge in [-0.1, -0.05) is 52.3 Å². The largest absolute Gasteiger partial charge is 0.332 e. The molecule has 0 unspecified atom stereocenters. The normalized spacial score (nSPS) is 10.9. The first-order valence-corrected chi connectivity index (χ1v) is 10.2. The van der Waals surface area contributed by atoms with E-state index in [0.29, 0.717) is 23.4 Å². The highest BCUT2D eigenvalue weighted by molar-refractivity contribution is 7.80. The molecule has 2 aromatic rings. The second-order valence-electron chi connectivity index (χ2n) is 7.97. The number of anilines is 2. The van der Waals surface area contributed by atoms with Crippen LogP contribution in [0.3, 0.4) is 0 Å². The average molecular weight is 412 g/mol. The quantitative estimate of drug-likeness (QED) is 0.569. The number of carbonyl (C=O) groups is 2. The van der Waals surface area contributed by atoms with Gasteiger partial charge in [0.25, 0.3) is 5.91 Å². The van der Waals surface area contributed by atoms with E-state index in [9.17, 15) is 9.59 Å². The SMILES string of the molecule is CCCCC(=O)NC(=S)Nc1cccc(NC(=O)c2ccc(C(C)(C)C)cc2)c1. The van der Waals surface area contributed by atoms with E-state index in [1.54, 1.807) is 12.1 Å². The minimum atomic E-state index is -0.182. The van der Waals surface area contributed by atoms with Crippen LogP contribution in [0.15, 0.2) is 48.5 Å². The molecule has 29 heavy (non-hydrogen) atoms. The molecular formula is C23H29N3O2S. The molecular weight excluding hydrogens is 382 g/mol. The molecule has 0 aliphatic rings. The molecule has 2 aromatic carbocycles. The molecule has 6 heteroatoms. The smallest absolute Gasteiger partial charge is 0.255 e. The van der Waals surface area contributed by atoms with Gasteiger partial charge in [0.1, 0.15) is 0 Å². The standard InChI is InChI=1S/C23H29N3O2S/c1-5-6-10-20(27)26-22(29)25-19-9-7-8-18(15-19)24-21(28)16-11-13-17(14-12-16)23(2,3)4/h7-9,11-15H,5-6,10H2,1-4H3,(H,24,28)(H2,25,26,27,29). The maximum atomic E-state index is 12.5. The Morgan fingerprint density at radius 2 is 1.59 bits per heavy atom. The van der Waals surface area contributed by atoms with Crippen LogP contribution in [0, 0.1) is 0 Å². The summed E-state index contributed by atoms with van der Waals surface area (Å²) in [6.45, 7) is 8.44. The summed E-state index contributed by atoms with van der Waals surface area (Å²) < 4.78 is 0. The zero-order valence-corrected chi connectivity index (χ0v) is 18.3. The number of nitrogens with one attached hydrogen (secondary N) is 3. The number of hydrogen-bond acceptors (Lipinski definition) is 3. The van der Waals surface area contributed by atoms with Crippen molar-refractivity contribution in [1.29, 1.82) is 0 Å². The van der Waals surface area contributed by atoms with Crippen molar-refractivity contribution in [2.24, 2.45) is 0 Å². The summed E-state index contributed by atoms with van der Waals surface area (Å²) in [5, 5.41) is 8.77. The van der Waals surface area contributed by atoms with Crippen molar-refractivity contribution in [3.05, 3.63) is 59.7 Å². The van der Waals surface area contributed by atoms with Gasteiger partial charge in [-0.15, -0.1) is 0 Å². The number of unbranched alkanes of at least 4 members (excludes halogenated alkanes) is 1. The Morgan fingerprint density at radius 1 is 0.966 bits per heavy atom. The van der Waals surface area contributed by atoms with Crippen molar-refractivity contribution in [1.82, 2.24) is 5.32 Å². The summed E-state index contributed by atoms with van der Waals surface area (Å²) in [6.07, 6.45) is 2.23. The van der Waals surface area contributed by atoms with Crippen LogP contribution in [0.4, 0.5) is 11.4 Å². The Morgan fingerprint density at radius 3 is 2.17 bits per heavy atom. The monoisotopic (exact) mass is 411 g/mol. The molecule has 0 spiro atoms. The maximum absolute atomic E-state index is 12.5. The van der Waals surface area contributed by atoms with E-state index in [4.69, 9.17) is 12.2 Å². The predicted molar refractivity (Wildman–Crippen MR) is 123 cm³/mol. The molecule has 0 aliphatic carbocycles. The van der Waals surface area contributed by atoms with E-state index in [2.05, 4.69) is 36.7 Å². The summed E-state index contributed by atoms with van der Waals surface area (Å²) in [6, 6.07) is 14.8. The van der Waals surface area contributed by atoms with Crippen LogP contribution in [-0.4, -0.2) is 16.9 Å². The molecule has 0 radical (unpaired) electrons. The van der Waals surface area contributed by atoms with Gasteiger partial charge in [-0.05, 0) is 59.9 Å². The molecule has 2 amide bonds. The second-order valence-corrected chi connectivity index (χ2v) is 8.38. The van der Waals surface area contributed by atoms with Crippen molar-refractivity contribution < 1.29 is 9.59 Å². The van der Waals surface area contributed by atoms with E-state index in [-0.39, 0.29) is 22.3 Å². The number of benzene rings is 2. The van der Waals surface area contributed by atoms with Crippen LogP contribution in [0.1, 0.15) is 62.9 Å². The minimum absolute atomic E-state index is 0.0411. The van der Waals surface area contributed by atoms with Gasteiger partial charge in [-0.3, -0.25) is 9.59 Å². The van der Waals surface area contributed by atoms with E-state index >= 15 is 0 Å². The highest BCUT2D eigenvalue weighted by Crippen LogP contribution is 2.22. The third-order valence-electron chi connectivity index (χ3n) is 4.40. The molecule has 0 saturated heterocycles. The first-order valence-electron chi connectivity index (χ1n) is 9.82. The number of thiocarbonyl (C=S) groups is 1. The number of amides is 2. The van der Waals surface area contributed by atoms with Gasteiger partial charge in [-0.2, -0.15) is 0 Å².